The van der Waals surface area contributed by atoms with Crippen LogP contribution in [0.1, 0.15) is 27.0 Å². The highest BCUT2D eigenvalue weighted by Gasteiger charge is 2.27. The number of benzene rings is 4. The molecule has 9 heteroatoms. The second kappa shape index (κ2) is 12.2. The molecule has 4 aromatic carbocycles. The molecule has 4 aromatic rings. The quantitative estimate of drug-likeness (QED) is 0.141. The highest BCUT2D eigenvalue weighted by atomic mass is 32.2. The third-order valence-electron chi connectivity index (χ3n) is 5.72. The van der Waals surface area contributed by atoms with Crippen molar-refractivity contribution in [2.24, 2.45) is 5.10 Å². The van der Waals surface area contributed by atoms with Crippen molar-refractivity contribution in [1.29, 1.82) is 0 Å². The third-order valence-corrected chi connectivity index (χ3v) is 7.51. The van der Waals surface area contributed by atoms with Crippen molar-refractivity contribution in [2.75, 3.05) is 10.8 Å². The number of hydrogen-bond donors (Lipinski definition) is 1. The van der Waals surface area contributed by atoms with Crippen molar-refractivity contribution < 1.29 is 22.7 Å². The predicted octanol–water partition coefficient (Wildman–Crippen LogP) is 4.87. The number of rotatable bonds is 9. The van der Waals surface area contributed by atoms with E-state index in [2.05, 4.69) is 10.5 Å². The van der Waals surface area contributed by atoms with E-state index in [0.29, 0.717) is 22.6 Å². The van der Waals surface area contributed by atoms with Crippen LogP contribution in [0.15, 0.2) is 113 Å². The number of carbonyl (C=O) groups excluding carboxylic acids is 2. The van der Waals surface area contributed by atoms with Crippen LogP contribution in [0.3, 0.4) is 0 Å². The van der Waals surface area contributed by atoms with Gasteiger partial charge in [-0.15, -0.1) is 0 Å². The lowest BCUT2D eigenvalue weighted by Gasteiger charge is -2.24. The van der Waals surface area contributed by atoms with Crippen LogP contribution in [0.5, 0.6) is 5.75 Å². The Bertz CT molecular complexity index is 1570. The van der Waals surface area contributed by atoms with Gasteiger partial charge in [-0.1, -0.05) is 53.6 Å². The van der Waals surface area contributed by atoms with Crippen LogP contribution >= 0.6 is 0 Å². The summed E-state index contributed by atoms with van der Waals surface area (Å²) in [6, 6.07) is 28.5. The smallest absolute Gasteiger partial charge is 0.343 e. The van der Waals surface area contributed by atoms with Crippen molar-refractivity contribution >= 4 is 33.8 Å². The Morgan fingerprint density at radius 3 is 2.03 bits per heavy atom. The van der Waals surface area contributed by atoms with Gasteiger partial charge in [0.05, 0.1) is 22.4 Å². The highest BCUT2D eigenvalue weighted by molar-refractivity contribution is 7.92. The monoisotopic (exact) mass is 541 g/mol. The van der Waals surface area contributed by atoms with E-state index < -0.39 is 28.4 Å². The number of sulfonamides is 1. The first-order valence-corrected chi connectivity index (χ1v) is 13.5. The van der Waals surface area contributed by atoms with Gasteiger partial charge in [-0.25, -0.2) is 18.6 Å². The Labute approximate surface area is 227 Å². The van der Waals surface area contributed by atoms with E-state index in [-0.39, 0.29) is 4.90 Å². The molecule has 0 bridgehead atoms. The number of esters is 1. The summed E-state index contributed by atoms with van der Waals surface area (Å²) in [7, 11) is -4.01. The molecule has 39 heavy (non-hydrogen) atoms. The Morgan fingerprint density at radius 2 is 1.41 bits per heavy atom. The molecule has 0 unspecified atom stereocenters. The summed E-state index contributed by atoms with van der Waals surface area (Å²) in [4.78, 5) is 25.0. The van der Waals surface area contributed by atoms with Crippen molar-refractivity contribution in [2.45, 2.75) is 18.7 Å². The fraction of sp³-hybridized carbons (Fsp3) is 0.100. The molecule has 0 aliphatic carbocycles. The Kier molecular flexibility index (Phi) is 8.53. The lowest BCUT2D eigenvalue weighted by atomic mass is 10.2. The lowest BCUT2D eigenvalue weighted by molar-refractivity contribution is -0.119. The molecule has 4 rings (SSSR count). The zero-order valence-electron chi connectivity index (χ0n) is 21.4. The van der Waals surface area contributed by atoms with Crippen molar-refractivity contribution in [3.8, 4) is 5.75 Å². The number of aryl methyl sites for hydroxylation is 2. The summed E-state index contributed by atoms with van der Waals surface area (Å²) in [6.45, 7) is 3.29. The normalized spacial score (nSPS) is 11.2. The molecule has 0 aliphatic heterocycles. The lowest BCUT2D eigenvalue weighted by Crippen LogP contribution is -2.39. The van der Waals surface area contributed by atoms with Crippen molar-refractivity contribution in [1.82, 2.24) is 5.43 Å². The minimum atomic E-state index is -4.01. The molecule has 0 atom stereocenters. The molecular formula is C30H27N3O5S. The SMILES string of the molecule is Cc1ccc(N(CC(=O)N/N=C\c2ccc(OC(=O)c3ccccc3)cc2)S(=O)(=O)c2ccc(C)cc2)cc1. The fourth-order valence-corrected chi connectivity index (χ4v) is 4.99. The molecule has 1 N–H and O–H groups in total. The Morgan fingerprint density at radius 1 is 0.821 bits per heavy atom. The molecule has 0 aliphatic rings. The molecule has 0 radical (unpaired) electrons. The van der Waals surface area contributed by atoms with Crippen LogP contribution < -0.4 is 14.5 Å². The standard InChI is InChI=1S/C30H27N3O5S/c1-22-8-14-26(15-9-22)33(39(36,37)28-18-10-23(2)11-19-28)21-29(34)32-31-20-24-12-16-27(17-13-24)38-30(35)25-6-4-3-5-7-25/h3-20H,21H2,1-2H3,(H,32,34)/b31-20-. The summed E-state index contributed by atoms with van der Waals surface area (Å²) in [5, 5.41) is 3.95. The number of amides is 1. The van der Waals surface area contributed by atoms with Gasteiger partial charge in [-0.05, 0) is 80.1 Å². The van der Waals surface area contributed by atoms with Crippen LogP contribution in [-0.2, 0) is 14.8 Å². The minimum Gasteiger partial charge on any atom is -0.423 e. The summed E-state index contributed by atoms with van der Waals surface area (Å²) < 4.78 is 33.3. The van der Waals surface area contributed by atoms with Crippen LogP contribution in [0.2, 0.25) is 0 Å². The zero-order valence-corrected chi connectivity index (χ0v) is 22.3. The molecule has 0 saturated carbocycles. The van der Waals surface area contributed by atoms with E-state index in [1.54, 1.807) is 84.9 Å². The number of hydrogen-bond acceptors (Lipinski definition) is 6. The van der Waals surface area contributed by atoms with Gasteiger partial charge in [0.25, 0.3) is 15.9 Å². The second-order valence-corrected chi connectivity index (χ2v) is 10.6. The largest absolute Gasteiger partial charge is 0.423 e. The van der Waals surface area contributed by atoms with E-state index in [1.165, 1.54) is 18.3 Å². The van der Waals surface area contributed by atoms with Crippen molar-refractivity contribution in [3.63, 3.8) is 0 Å². The molecule has 0 fully saturated rings. The average molecular weight is 542 g/mol. The number of hydrazone groups is 1. The maximum absolute atomic E-state index is 13.4. The molecule has 0 aromatic heterocycles. The van der Waals surface area contributed by atoms with Gasteiger partial charge in [0.15, 0.2) is 0 Å². The van der Waals surface area contributed by atoms with Crippen molar-refractivity contribution in [3.05, 3.63) is 125 Å². The van der Waals surface area contributed by atoms with E-state index in [1.807, 2.05) is 19.9 Å². The summed E-state index contributed by atoms with van der Waals surface area (Å²) in [6.07, 6.45) is 1.41. The summed E-state index contributed by atoms with van der Waals surface area (Å²) in [5.74, 6) is -0.723. The van der Waals surface area contributed by atoms with Crippen LogP contribution in [0.25, 0.3) is 0 Å². The Balaban J connectivity index is 1.42. The van der Waals surface area contributed by atoms with E-state index in [4.69, 9.17) is 4.74 Å². The van der Waals surface area contributed by atoms with E-state index in [0.717, 1.165) is 15.4 Å². The van der Waals surface area contributed by atoms with Crippen LogP contribution in [0.4, 0.5) is 5.69 Å². The van der Waals surface area contributed by atoms with Crippen LogP contribution in [-0.4, -0.2) is 33.1 Å². The van der Waals surface area contributed by atoms with E-state index >= 15 is 0 Å². The topological polar surface area (TPSA) is 105 Å². The van der Waals surface area contributed by atoms with Gasteiger partial charge >= 0.3 is 5.97 Å². The van der Waals surface area contributed by atoms with Gasteiger partial charge in [-0.3, -0.25) is 9.10 Å². The summed E-state index contributed by atoms with van der Waals surface area (Å²) >= 11 is 0. The number of anilines is 1. The average Bonchev–Trinajstić information content (AvgIpc) is 2.94. The van der Waals surface area contributed by atoms with Gasteiger partial charge in [0.1, 0.15) is 12.3 Å². The zero-order chi connectivity index (χ0) is 27.8. The first kappa shape index (κ1) is 27.3. The number of nitrogens with zero attached hydrogens (tertiary/aromatic N) is 2. The number of nitrogens with one attached hydrogen (secondary N) is 1. The second-order valence-electron chi connectivity index (χ2n) is 8.78. The van der Waals surface area contributed by atoms with Gasteiger partial charge in [0.2, 0.25) is 0 Å². The van der Waals surface area contributed by atoms with Crippen LogP contribution in [0, 0.1) is 13.8 Å². The maximum Gasteiger partial charge on any atom is 0.343 e. The number of carbonyl (C=O) groups is 2. The number of ether oxygens (including phenoxy) is 1. The van der Waals surface area contributed by atoms with Gasteiger partial charge in [0, 0.05) is 0 Å². The van der Waals surface area contributed by atoms with Gasteiger partial charge < -0.3 is 4.74 Å². The third kappa shape index (κ3) is 7.18. The molecule has 0 saturated heterocycles. The molecular weight excluding hydrogens is 514 g/mol. The molecule has 0 spiro atoms. The minimum absolute atomic E-state index is 0.0815. The summed E-state index contributed by atoms with van der Waals surface area (Å²) in [5.41, 5.74) is 5.70. The first-order chi connectivity index (χ1) is 18.7. The molecule has 1 amide bonds. The molecule has 8 nitrogen and oxygen atoms in total. The maximum atomic E-state index is 13.4. The fourth-order valence-electron chi connectivity index (χ4n) is 3.57. The molecule has 198 valence electrons. The molecule has 0 heterocycles. The predicted molar refractivity (Wildman–Crippen MR) is 150 cm³/mol. The Hall–Kier alpha value is -4.76. The van der Waals surface area contributed by atoms with E-state index in [9.17, 15) is 18.0 Å². The first-order valence-electron chi connectivity index (χ1n) is 12.1. The highest BCUT2D eigenvalue weighted by Crippen LogP contribution is 2.24. The van der Waals surface area contributed by atoms with Gasteiger partial charge in [-0.2, -0.15) is 5.10 Å².